The van der Waals surface area contributed by atoms with Gasteiger partial charge < -0.3 is 9.84 Å². The molecule has 0 radical (unpaired) electrons. The normalized spacial score (nSPS) is 26.1. The molecule has 0 saturated heterocycles. The highest BCUT2D eigenvalue weighted by atomic mass is 16.5. The molecule has 20 heavy (non-hydrogen) atoms. The van der Waals surface area contributed by atoms with E-state index in [1.807, 2.05) is 0 Å². The maximum absolute atomic E-state index is 5.45. The fourth-order valence-corrected chi connectivity index (χ4v) is 3.15. The second-order valence-corrected chi connectivity index (χ2v) is 6.66. The van der Waals surface area contributed by atoms with Crippen LogP contribution >= 0.6 is 0 Å². The minimum absolute atomic E-state index is 0.350. The van der Waals surface area contributed by atoms with Crippen LogP contribution in [0.15, 0.2) is 28.8 Å². The Morgan fingerprint density at radius 3 is 2.95 bits per heavy atom. The SMILES string of the molecule is CC1(C)CC1c1noc(CC2CNc3ccccc32)n1. The van der Waals surface area contributed by atoms with Crippen molar-refractivity contribution in [2.45, 2.75) is 38.5 Å². The molecule has 2 heterocycles. The Bertz CT molecular complexity index is 647. The van der Waals surface area contributed by atoms with Gasteiger partial charge in [-0.2, -0.15) is 4.98 Å². The zero-order valence-electron chi connectivity index (χ0n) is 11.9. The molecule has 2 aromatic rings. The van der Waals surface area contributed by atoms with E-state index in [2.05, 4.69) is 53.6 Å². The summed E-state index contributed by atoms with van der Waals surface area (Å²) in [5.74, 6) is 2.58. The molecule has 1 aliphatic heterocycles. The zero-order valence-corrected chi connectivity index (χ0v) is 11.9. The van der Waals surface area contributed by atoms with Crippen LogP contribution in [0.3, 0.4) is 0 Å². The number of benzene rings is 1. The Labute approximate surface area is 118 Å². The van der Waals surface area contributed by atoms with Gasteiger partial charge in [0.05, 0.1) is 0 Å². The van der Waals surface area contributed by atoms with E-state index in [0.717, 1.165) is 24.7 Å². The summed E-state index contributed by atoms with van der Waals surface area (Å²) < 4.78 is 5.45. The van der Waals surface area contributed by atoms with Crippen molar-refractivity contribution in [2.24, 2.45) is 5.41 Å². The van der Waals surface area contributed by atoms with Crippen LogP contribution in [-0.4, -0.2) is 16.7 Å². The van der Waals surface area contributed by atoms with Gasteiger partial charge in [-0.3, -0.25) is 0 Å². The van der Waals surface area contributed by atoms with Crippen molar-refractivity contribution >= 4 is 5.69 Å². The number of fused-ring (bicyclic) bond motifs is 1. The molecule has 2 atom stereocenters. The first-order valence-corrected chi connectivity index (χ1v) is 7.29. The minimum atomic E-state index is 0.350. The smallest absolute Gasteiger partial charge is 0.227 e. The van der Waals surface area contributed by atoms with E-state index in [0.29, 0.717) is 17.3 Å². The van der Waals surface area contributed by atoms with Gasteiger partial charge in [-0.25, -0.2) is 0 Å². The summed E-state index contributed by atoms with van der Waals surface area (Å²) >= 11 is 0. The van der Waals surface area contributed by atoms with Crippen LogP contribution in [-0.2, 0) is 6.42 Å². The number of anilines is 1. The first-order chi connectivity index (χ1) is 9.63. The largest absolute Gasteiger partial charge is 0.384 e. The Morgan fingerprint density at radius 2 is 2.15 bits per heavy atom. The van der Waals surface area contributed by atoms with E-state index in [9.17, 15) is 0 Å². The number of hydrogen-bond donors (Lipinski definition) is 1. The van der Waals surface area contributed by atoms with Crippen molar-refractivity contribution in [3.63, 3.8) is 0 Å². The van der Waals surface area contributed by atoms with Crippen molar-refractivity contribution in [1.82, 2.24) is 10.1 Å². The molecule has 4 rings (SSSR count). The molecule has 1 fully saturated rings. The second kappa shape index (κ2) is 4.08. The van der Waals surface area contributed by atoms with Gasteiger partial charge in [0.1, 0.15) is 0 Å². The van der Waals surface area contributed by atoms with Gasteiger partial charge in [0.25, 0.3) is 0 Å². The maximum atomic E-state index is 5.45. The van der Waals surface area contributed by atoms with Crippen molar-refractivity contribution in [2.75, 3.05) is 11.9 Å². The van der Waals surface area contributed by atoms with Crippen molar-refractivity contribution in [3.8, 4) is 0 Å². The van der Waals surface area contributed by atoms with E-state index < -0.39 is 0 Å². The molecule has 1 aromatic heterocycles. The molecular formula is C16H19N3O. The van der Waals surface area contributed by atoms with Gasteiger partial charge >= 0.3 is 0 Å². The average molecular weight is 269 g/mol. The number of para-hydroxylation sites is 1. The summed E-state index contributed by atoms with van der Waals surface area (Å²) in [5.41, 5.74) is 2.95. The molecule has 1 aliphatic carbocycles. The summed E-state index contributed by atoms with van der Waals surface area (Å²) in [6.45, 7) is 5.46. The summed E-state index contributed by atoms with van der Waals surface area (Å²) in [4.78, 5) is 4.60. The Balaban J connectivity index is 1.51. The number of nitrogens with one attached hydrogen (secondary N) is 1. The third kappa shape index (κ3) is 1.90. The highest BCUT2D eigenvalue weighted by Crippen LogP contribution is 2.57. The summed E-state index contributed by atoms with van der Waals surface area (Å²) in [6.07, 6.45) is 1.99. The van der Waals surface area contributed by atoms with Crippen LogP contribution in [0.1, 0.15) is 49.4 Å². The molecule has 1 aromatic carbocycles. The minimum Gasteiger partial charge on any atom is -0.384 e. The van der Waals surface area contributed by atoms with E-state index in [4.69, 9.17) is 4.52 Å². The molecular weight excluding hydrogens is 250 g/mol. The highest BCUT2D eigenvalue weighted by Gasteiger charge is 2.49. The first kappa shape index (κ1) is 11.9. The number of nitrogens with zero attached hydrogens (tertiary/aromatic N) is 2. The van der Waals surface area contributed by atoms with Gasteiger partial charge in [-0.05, 0) is 23.5 Å². The van der Waals surface area contributed by atoms with Crippen LogP contribution in [0.25, 0.3) is 0 Å². The van der Waals surface area contributed by atoms with Crippen LogP contribution in [0, 0.1) is 5.41 Å². The Hall–Kier alpha value is -1.84. The van der Waals surface area contributed by atoms with Crippen molar-refractivity contribution in [1.29, 1.82) is 0 Å². The lowest BCUT2D eigenvalue weighted by atomic mass is 9.98. The van der Waals surface area contributed by atoms with E-state index in [1.165, 1.54) is 17.7 Å². The van der Waals surface area contributed by atoms with Gasteiger partial charge in [0.15, 0.2) is 5.82 Å². The van der Waals surface area contributed by atoms with Crippen LogP contribution in [0.4, 0.5) is 5.69 Å². The van der Waals surface area contributed by atoms with Gasteiger partial charge in [0, 0.05) is 30.5 Å². The molecule has 4 heteroatoms. The molecule has 2 unspecified atom stereocenters. The Morgan fingerprint density at radius 1 is 1.35 bits per heavy atom. The number of rotatable bonds is 3. The third-order valence-electron chi connectivity index (χ3n) is 4.67. The second-order valence-electron chi connectivity index (χ2n) is 6.66. The molecule has 104 valence electrons. The Kier molecular flexibility index (Phi) is 2.43. The molecule has 1 saturated carbocycles. The molecule has 4 nitrogen and oxygen atoms in total. The van der Waals surface area contributed by atoms with Crippen LogP contribution in [0.5, 0.6) is 0 Å². The topological polar surface area (TPSA) is 51.0 Å². The molecule has 1 N–H and O–H groups in total. The molecule has 0 amide bonds. The van der Waals surface area contributed by atoms with E-state index >= 15 is 0 Å². The van der Waals surface area contributed by atoms with E-state index in [1.54, 1.807) is 0 Å². The fraction of sp³-hybridized carbons (Fsp3) is 0.500. The third-order valence-corrected chi connectivity index (χ3v) is 4.67. The monoisotopic (exact) mass is 269 g/mol. The molecule has 0 bridgehead atoms. The predicted octanol–water partition coefficient (Wildman–Crippen LogP) is 3.33. The van der Waals surface area contributed by atoms with E-state index in [-0.39, 0.29) is 0 Å². The lowest BCUT2D eigenvalue weighted by Crippen LogP contribution is -2.05. The lowest BCUT2D eigenvalue weighted by Gasteiger charge is -2.05. The summed E-state index contributed by atoms with van der Waals surface area (Å²) in [6, 6.07) is 8.46. The quantitative estimate of drug-likeness (QED) is 0.928. The summed E-state index contributed by atoms with van der Waals surface area (Å²) in [5, 5.41) is 7.60. The average Bonchev–Trinajstić information content (AvgIpc) is 2.85. The number of aromatic nitrogens is 2. The highest BCUT2D eigenvalue weighted by molar-refractivity contribution is 5.57. The fourth-order valence-electron chi connectivity index (χ4n) is 3.15. The zero-order chi connectivity index (χ0) is 13.7. The standard InChI is InChI=1S/C16H19N3O/c1-16(2)8-12(16)15-18-14(20-19-15)7-10-9-17-13-6-4-3-5-11(10)13/h3-6,10,12,17H,7-9H2,1-2H3. The van der Waals surface area contributed by atoms with Crippen molar-refractivity contribution < 1.29 is 4.52 Å². The lowest BCUT2D eigenvalue weighted by molar-refractivity contribution is 0.365. The van der Waals surface area contributed by atoms with Gasteiger partial charge in [-0.1, -0.05) is 37.2 Å². The van der Waals surface area contributed by atoms with Crippen LogP contribution in [0.2, 0.25) is 0 Å². The van der Waals surface area contributed by atoms with Crippen molar-refractivity contribution in [3.05, 3.63) is 41.5 Å². The van der Waals surface area contributed by atoms with Gasteiger partial charge in [-0.15, -0.1) is 0 Å². The maximum Gasteiger partial charge on any atom is 0.227 e. The molecule has 0 spiro atoms. The predicted molar refractivity (Wildman–Crippen MR) is 76.8 cm³/mol. The molecule has 2 aliphatic rings. The summed E-state index contributed by atoms with van der Waals surface area (Å²) in [7, 11) is 0. The van der Waals surface area contributed by atoms with Gasteiger partial charge in [0.2, 0.25) is 5.89 Å². The first-order valence-electron chi connectivity index (χ1n) is 7.29. The van der Waals surface area contributed by atoms with Crippen LogP contribution < -0.4 is 5.32 Å². The number of hydrogen-bond acceptors (Lipinski definition) is 4.